The van der Waals surface area contributed by atoms with Crippen molar-refractivity contribution in [2.24, 2.45) is 0 Å². The van der Waals surface area contributed by atoms with Gasteiger partial charge in [0.2, 0.25) is 20.0 Å². The van der Waals surface area contributed by atoms with Crippen molar-refractivity contribution in [1.82, 2.24) is 8.61 Å². The molecular weight excluding hydrogens is 589 g/mol. The molecule has 8 heteroatoms. The molecule has 0 atom stereocenters. The van der Waals surface area contributed by atoms with Crippen LogP contribution in [0.3, 0.4) is 0 Å². The molecule has 5 rings (SSSR count). The predicted octanol–water partition coefficient (Wildman–Crippen LogP) is 6.97. The number of nitrogens with zero attached hydrogens (tertiary/aromatic N) is 2. The number of hydrogen-bond donors (Lipinski definition) is 0. The quantitative estimate of drug-likeness (QED) is 0.178. The minimum Gasteiger partial charge on any atom is -0.207 e. The van der Waals surface area contributed by atoms with E-state index in [1.54, 1.807) is 42.5 Å². The average molecular weight is 627 g/mol. The van der Waals surface area contributed by atoms with Gasteiger partial charge in [0.1, 0.15) is 0 Å². The van der Waals surface area contributed by atoms with Crippen LogP contribution in [0.25, 0.3) is 11.1 Å². The third-order valence-electron chi connectivity index (χ3n) is 7.23. The molecule has 1 aliphatic rings. The van der Waals surface area contributed by atoms with Crippen LogP contribution < -0.4 is 0 Å². The Labute approximate surface area is 262 Å². The van der Waals surface area contributed by atoms with E-state index in [0.717, 1.165) is 33.4 Å². The van der Waals surface area contributed by atoms with Gasteiger partial charge in [0.15, 0.2) is 0 Å². The van der Waals surface area contributed by atoms with Crippen molar-refractivity contribution >= 4 is 31.2 Å². The molecule has 0 aromatic heterocycles. The Morgan fingerprint density at radius 3 is 1.84 bits per heavy atom. The zero-order chi connectivity index (χ0) is 31.7. The summed E-state index contributed by atoms with van der Waals surface area (Å²) in [4.78, 5) is 0.640. The monoisotopic (exact) mass is 626 g/mol. The summed E-state index contributed by atoms with van der Waals surface area (Å²) >= 11 is 0. The van der Waals surface area contributed by atoms with Crippen LogP contribution in [-0.4, -0.2) is 51.6 Å². The van der Waals surface area contributed by atoms with E-state index in [-0.39, 0.29) is 18.0 Å². The maximum atomic E-state index is 12.8. The number of hydrogen-bond acceptors (Lipinski definition) is 4. The van der Waals surface area contributed by atoms with E-state index in [0.29, 0.717) is 18.0 Å². The lowest BCUT2D eigenvalue weighted by Gasteiger charge is -2.22. The topological polar surface area (TPSA) is 74.8 Å². The minimum absolute atomic E-state index is 0.228. The van der Waals surface area contributed by atoms with Crippen molar-refractivity contribution in [3.05, 3.63) is 157 Å². The van der Waals surface area contributed by atoms with Crippen molar-refractivity contribution in [2.75, 3.05) is 26.2 Å². The van der Waals surface area contributed by atoms with Crippen molar-refractivity contribution < 1.29 is 16.8 Å². The molecule has 0 saturated heterocycles. The molecule has 0 N–H and O–H groups in total. The number of sulfonamides is 2. The maximum Gasteiger partial charge on any atom is 0.243 e. The van der Waals surface area contributed by atoms with Crippen LogP contribution in [0.5, 0.6) is 0 Å². The first-order chi connectivity index (χ1) is 21.0. The molecule has 0 spiro atoms. The van der Waals surface area contributed by atoms with E-state index < -0.39 is 20.0 Å². The van der Waals surface area contributed by atoms with Gasteiger partial charge in [0, 0.05) is 26.2 Å². The van der Waals surface area contributed by atoms with Crippen LogP contribution in [0, 0.1) is 13.8 Å². The normalized spacial score (nSPS) is 13.6. The van der Waals surface area contributed by atoms with E-state index >= 15 is 0 Å². The second-order valence-electron chi connectivity index (χ2n) is 10.6. The van der Waals surface area contributed by atoms with Crippen LogP contribution in [0.1, 0.15) is 22.3 Å². The molecule has 0 saturated carbocycles. The molecule has 0 radical (unpaired) electrons. The molecule has 44 heavy (non-hydrogen) atoms. The molecule has 0 bridgehead atoms. The van der Waals surface area contributed by atoms with E-state index in [4.69, 9.17) is 0 Å². The minimum atomic E-state index is -3.58. The van der Waals surface area contributed by atoms with Gasteiger partial charge in [0.05, 0.1) is 9.79 Å². The van der Waals surface area contributed by atoms with Gasteiger partial charge in [0.25, 0.3) is 0 Å². The summed E-state index contributed by atoms with van der Waals surface area (Å²) in [6, 6.07) is 33.3. The first-order valence-corrected chi connectivity index (χ1v) is 17.1. The molecule has 1 aliphatic heterocycles. The zero-order valence-electron chi connectivity index (χ0n) is 25.1. The molecule has 6 nitrogen and oxygen atoms in total. The van der Waals surface area contributed by atoms with Gasteiger partial charge in [-0.25, -0.2) is 16.8 Å². The molecule has 0 aliphatic carbocycles. The Kier molecular flexibility index (Phi) is 10.9. The number of rotatable bonds is 10. The highest BCUT2D eigenvalue weighted by molar-refractivity contribution is 7.89. The first kappa shape index (κ1) is 32.8. The van der Waals surface area contributed by atoms with Gasteiger partial charge in [-0.2, -0.15) is 8.61 Å². The second-order valence-corrected chi connectivity index (χ2v) is 14.5. The summed E-state index contributed by atoms with van der Waals surface area (Å²) < 4.78 is 53.8. The highest BCUT2D eigenvalue weighted by Gasteiger charge is 2.28. The summed E-state index contributed by atoms with van der Waals surface area (Å²) in [6.07, 6.45) is 3.57. The molecule has 228 valence electrons. The van der Waals surface area contributed by atoms with Gasteiger partial charge in [-0.1, -0.05) is 115 Å². The zero-order valence-corrected chi connectivity index (χ0v) is 26.8. The molecular formula is C36H38N2O4S2. The van der Waals surface area contributed by atoms with Crippen LogP contribution >= 0.6 is 0 Å². The fraction of sp³-hybridized carbons (Fsp3) is 0.167. The smallest absolute Gasteiger partial charge is 0.207 e. The maximum absolute atomic E-state index is 12.8. The van der Waals surface area contributed by atoms with Gasteiger partial charge in [-0.05, 0) is 60.4 Å². The van der Waals surface area contributed by atoms with Crippen LogP contribution in [0.4, 0.5) is 0 Å². The van der Waals surface area contributed by atoms with E-state index in [1.807, 2.05) is 92.7 Å². The fourth-order valence-corrected chi connectivity index (χ4v) is 7.43. The highest BCUT2D eigenvalue weighted by atomic mass is 32.2. The first-order valence-electron chi connectivity index (χ1n) is 14.2. The summed E-state index contributed by atoms with van der Waals surface area (Å²) in [5.74, 6) is 0. The molecule has 0 unspecified atom stereocenters. The predicted molar refractivity (Wildman–Crippen MR) is 180 cm³/mol. The lowest BCUT2D eigenvalue weighted by Crippen LogP contribution is -2.32. The van der Waals surface area contributed by atoms with Crippen LogP contribution in [0.15, 0.2) is 144 Å². The lowest BCUT2D eigenvalue weighted by molar-refractivity contribution is 0.478. The molecule has 4 aromatic rings. The summed E-state index contributed by atoms with van der Waals surface area (Å²) in [5, 5.41) is 0. The van der Waals surface area contributed by atoms with E-state index in [2.05, 4.69) is 13.2 Å². The highest BCUT2D eigenvalue weighted by Crippen LogP contribution is 2.26. The molecule has 0 fully saturated rings. The van der Waals surface area contributed by atoms with Gasteiger partial charge >= 0.3 is 0 Å². The Morgan fingerprint density at radius 1 is 0.773 bits per heavy atom. The Balaban J connectivity index is 0.000000201. The van der Waals surface area contributed by atoms with Crippen LogP contribution in [0.2, 0.25) is 0 Å². The fourth-order valence-electron chi connectivity index (χ4n) is 4.66. The van der Waals surface area contributed by atoms with Crippen LogP contribution in [-0.2, 0) is 20.0 Å². The van der Waals surface area contributed by atoms with Gasteiger partial charge in [-0.15, -0.1) is 6.58 Å². The van der Waals surface area contributed by atoms with Gasteiger partial charge < -0.3 is 0 Å². The largest absolute Gasteiger partial charge is 0.243 e. The SMILES string of the molecule is C=CCN(CC(=C)c1ccccc1)S(=O)(=O)c1ccc(C)cc1.Cc1ccc(S(=O)(=O)N2CC=C(c3ccccc3)C2)cc1. The number of benzene rings is 4. The van der Waals surface area contributed by atoms with Crippen molar-refractivity contribution in [1.29, 1.82) is 0 Å². The summed E-state index contributed by atoms with van der Waals surface area (Å²) in [7, 11) is -7.00. The Bertz CT molecular complexity index is 1820. The van der Waals surface area contributed by atoms with Crippen molar-refractivity contribution in [3.8, 4) is 0 Å². The number of aryl methyl sites for hydroxylation is 2. The van der Waals surface area contributed by atoms with E-state index in [9.17, 15) is 16.8 Å². The molecule has 0 amide bonds. The molecule has 4 aromatic carbocycles. The van der Waals surface area contributed by atoms with Gasteiger partial charge in [-0.3, -0.25) is 0 Å². The van der Waals surface area contributed by atoms with E-state index in [1.165, 1.54) is 8.61 Å². The third kappa shape index (κ3) is 8.09. The second kappa shape index (κ2) is 14.6. The molecule has 1 heterocycles. The van der Waals surface area contributed by atoms with Crippen molar-refractivity contribution in [3.63, 3.8) is 0 Å². The summed E-state index contributed by atoms with van der Waals surface area (Å²) in [5.41, 5.74) is 5.90. The third-order valence-corrected chi connectivity index (χ3v) is 10.9. The Morgan fingerprint density at radius 2 is 1.30 bits per heavy atom. The lowest BCUT2D eigenvalue weighted by atomic mass is 10.1. The van der Waals surface area contributed by atoms with Crippen molar-refractivity contribution in [2.45, 2.75) is 23.6 Å². The summed E-state index contributed by atoms with van der Waals surface area (Å²) in [6.45, 7) is 12.9. The standard InChI is InChI=1S/C19H21NO2S.C17H17NO2S/c1-4-14-20(15-17(3)18-8-6-5-7-9-18)23(21,22)19-12-10-16(2)11-13-19;1-14-7-9-17(10-8-14)21(19,20)18-12-11-16(13-18)15-5-3-2-4-6-15/h4-13H,1,3,14-15H2,2H3;2-11H,12-13H2,1H3. The average Bonchev–Trinajstić information content (AvgIpc) is 3.54. The Hall–Kier alpha value is -4.08.